The molecule has 0 aromatic heterocycles. The minimum absolute atomic E-state index is 0.582. The van der Waals surface area contributed by atoms with Crippen LogP contribution in [0.3, 0.4) is 0 Å². The second-order valence-electron chi connectivity index (χ2n) is 3.72. The second kappa shape index (κ2) is 10.1. The zero-order valence-electron chi connectivity index (χ0n) is 10.8. The highest BCUT2D eigenvalue weighted by molar-refractivity contribution is 7.99. The number of halogens is 4. The van der Waals surface area contributed by atoms with Gasteiger partial charge >= 0.3 is 0 Å². The minimum atomic E-state index is 0.582. The van der Waals surface area contributed by atoms with Gasteiger partial charge in [0, 0.05) is 22.1 Å². The van der Waals surface area contributed by atoms with Crippen LogP contribution >= 0.6 is 70.8 Å². The van der Waals surface area contributed by atoms with Gasteiger partial charge in [-0.3, -0.25) is 0 Å². The van der Waals surface area contributed by atoms with Crippen molar-refractivity contribution in [2.45, 2.75) is 9.79 Å². The summed E-state index contributed by atoms with van der Waals surface area (Å²) in [5.74, 6) is 0.792. The summed E-state index contributed by atoms with van der Waals surface area (Å²) in [5, 5.41) is 2.33. The molecule has 0 aliphatic carbocycles. The number of benzene rings is 2. The number of hydrogen-bond donors (Lipinski definition) is 2. The van der Waals surface area contributed by atoms with Crippen LogP contribution in [0.15, 0.2) is 46.2 Å². The van der Waals surface area contributed by atoms with Gasteiger partial charge in [0.1, 0.15) is 0 Å². The van der Waals surface area contributed by atoms with Gasteiger partial charge in [-0.1, -0.05) is 70.3 Å². The van der Waals surface area contributed by atoms with E-state index in [9.17, 15) is 0 Å². The summed E-state index contributed by atoms with van der Waals surface area (Å²) in [4.78, 5) is 1.51. The minimum Gasteiger partial charge on any atom is -0.330 e. The maximum Gasteiger partial charge on any atom is 0.0560 e. The third kappa shape index (κ3) is 6.11. The van der Waals surface area contributed by atoms with Crippen molar-refractivity contribution >= 4 is 70.8 Å². The van der Waals surface area contributed by atoms with Crippen LogP contribution in [-0.4, -0.2) is 12.3 Å². The van der Waals surface area contributed by atoms with Crippen LogP contribution in [0.5, 0.6) is 0 Å². The van der Waals surface area contributed by atoms with Gasteiger partial charge < -0.3 is 5.73 Å². The molecule has 0 bridgehead atoms. The molecule has 0 aliphatic heterocycles. The van der Waals surface area contributed by atoms with E-state index in [1.807, 2.05) is 0 Å². The number of rotatable bonds is 3. The van der Waals surface area contributed by atoms with Crippen LogP contribution in [0, 0.1) is 0 Å². The highest BCUT2D eigenvalue weighted by Crippen LogP contribution is 2.43. The molecule has 21 heavy (non-hydrogen) atoms. The van der Waals surface area contributed by atoms with E-state index in [1.54, 1.807) is 36.4 Å². The average Bonchev–Trinajstić information content (AvgIpc) is 2.46. The quantitative estimate of drug-likeness (QED) is 0.589. The molecule has 2 aromatic carbocycles. The predicted octanol–water partition coefficient (Wildman–Crippen LogP) is 6.33. The van der Waals surface area contributed by atoms with Gasteiger partial charge in [-0.05, 0) is 24.3 Å². The molecule has 0 amide bonds. The van der Waals surface area contributed by atoms with E-state index in [0.29, 0.717) is 26.6 Å². The Labute approximate surface area is 154 Å². The predicted molar refractivity (Wildman–Crippen MR) is 100.0 cm³/mol. The van der Waals surface area contributed by atoms with Crippen molar-refractivity contribution in [3.8, 4) is 0 Å². The molecule has 0 saturated heterocycles. The first-order chi connectivity index (χ1) is 10.0. The summed E-state index contributed by atoms with van der Waals surface area (Å²) in [6, 6.07) is 10.7. The van der Waals surface area contributed by atoms with Crippen molar-refractivity contribution in [2.24, 2.45) is 5.73 Å². The molecule has 2 rings (SSSR count). The van der Waals surface area contributed by atoms with Crippen molar-refractivity contribution in [1.29, 1.82) is 0 Å². The Balaban J connectivity index is 0.000000491. The molecule has 0 aliphatic rings. The Kier molecular flexibility index (Phi) is 9.30. The molecular weight excluding hydrogens is 388 g/mol. The summed E-state index contributed by atoms with van der Waals surface area (Å²) in [6.07, 6.45) is 0. The van der Waals surface area contributed by atoms with Gasteiger partial charge in [0.2, 0.25) is 0 Å². The van der Waals surface area contributed by atoms with Crippen molar-refractivity contribution in [1.82, 2.24) is 0 Å². The van der Waals surface area contributed by atoms with Crippen molar-refractivity contribution in [2.75, 3.05) is 12.3 Å². The largest absolute Gasteiger partial charge is 0.330 e. The summed E-state index contributed by atoms with van der Waals surface area (Å²) in [7, 11) is 0. The molecular formula is C14H13Cl4NS2. The lowest BCUT2D eigenvalue weighted by molar-refractivity contribution is 1.16. The molecule has 0 radical (unpaired) electrons. The molecule has 0 fully saturated rings. The first-order valence-corrected chi connectivity index (χ1v) is 8.84. The van der Waals surface area contributed by atoms with E-state index in [1.165, 1.54) is 11.8 Å². The summed E-state index contributed by atoms with van der Waals surface area (Å²) < 4.78 is 0. The normalized spacial score (nSPS) is 10.0. The average molecular weight is 401 g/mol. The summed E-state index contributed by atoms with van der Waals surface area (Å²) in [5.41, 5.74) is 4.95. The number of thiol groups is 1. The fourth-order valence-corrected chi connectivity index (χ4v) is 3.39. The molecule has 0 spiro atoms. The Morgan fingerprint density at radius 3 is 1.33 bits per heavy atom. The second-order valence-corrected chi connectivity index (χ2v) is 6.81. The third-order valence-electron chi connectivity index (χ3n) is 2.17. The number of hydrogen-bond acceptors (Lipinski definition) is 3. The lowest BCUT2D eigenvalue weighted by Crippen LogP contribution is -1.97. The van der Waals surface area contributed by atoms with Gasteiger partial charge in [0.15, 0.2) is 0 Å². The molecule has 0 unspecified atom stereocenters. The van der Waals surface area contributed by atoms with Crippen molar-refractivity contribution < 1.29 is 0 Å². The van der Waals surface area contributed by atoms with E-state index >= 15 is 0 Å². The first kappa shape index (κ1) is 19.3. The molecule has 1 nitrogen and oxygen atoms in total. The molecule has 2 N–H and O–H groups in total. The Bertz CT molecular complexity index is 501. The fourth-order valence-electron chi connectivity index (χ4n) is 1.26. The zero-order valence-corrected chi connectivity index (χ0v) is 15.6. The van der Waals surface area contributed by atoms with Crippen LogP contribution < -0.4 is 5.73 Å². The smallest absolute Gasteiger partial charge is 0.0560 e. The van der Waals surface area contributed by atoms with Crippen LogP contribution in [0.1, 0.15) is 0 Å². The SMILES string of the molecule is Clc1cccc(Cl)c1Sc1c(Cl)cccc1Cl.NCCS. The maximum atomic E-state index is 6.09. The van der Waals surface area contributed by atoms with E-state index < -0.39 is 0 Å². The van der Waals surface area contributed by atoms with Crippen LogP contribution in [-0.2, 0) is 0 Å². The molecule has 114 valence electrons. The highest BCUT2D eigenvalue weighted by atomic mass is 35.5. The Hall–Kier alpha value is 0.260. The third-order valence-corrected chi connectivity index (χ3v) is 5.43. The Morgan fingerprint density at radius 2 is 1.10 bits per heavy atom. The van der Waals surface area contributed by atoms with E-state index in [-0.39, 0.29) is 0 Å². The summed E-state index contributed by atoms with van der Waals surface area (Å²) >= 11 is 29.5. The van der Waals surface area contributed by atoms with Gasteiger partial charge in [0.05, 0.1) is 20.1 Å². The van der Waals surface area contributed by atoms with Crippen LogP contribution in [0.2, 0.25) is 20.1 Å². The first-order valence-electron chi connectivity index (χ1n) is 5.88. The number of nitrogens with two attached hydrogens (primary N) is 1. The van der Waals surface area contributed by atoms with Gasteiger partial charge in [-0.15, -0.1) is 0 Å². The van der Waals surface area contributed by atoms with Crippen LogP contribution in [0.4, 0.5) is 0 Å². The molecule has 0 heterocycles. The van der Waals surface area contributed by atoms with Crippen molar-refractivity contribution in [3.05, 3.63) is 56.5 Å². The van der Waals surface area contributed by atoms with Crippen molar-refractivity contribution in [3.63, 3.8) is 0 Å². The van der Waals surface area contributed by atoms with E-state index in [4.69, 9.17) is 52.1 Å². The molecule has 0 atom stereocenters. The molecule has 7 heteroatoms. The lowest BCUT2D eigenvalue weighted by atomic mass is 10.3. The Morgan fingerprint density at radius 1 is 0.810 bits per heavy atom. The van der Waals surface area contributed by atoms with Gasteiger partial charge in [-0.2, -0.15) is 12.6 Å². The zero-order chi connectivity index (χ0) is 15.8. The molecule has 0 saturated carbocycles. The lowest BCUT2D eigenvalue weighted by Gasteiger charge is -2.09. The van der Waals surface area contributed by atoms with Gasteiger partial charge in [0.25, 0.3) is 0 Å². The fraction of sp³-hybridized carbons (Fsp3) is 0.143. The summed E-state index contributed by atoms with van der Waals surface area (Å²) in [6.45, 7) is 0.684. The van der Waals surface area contributed by atoms with Crippen LogP contribution in [0.25, 0.3) is 0 Å². The maximum absolute atomic E-state index is 6.09. The highest BCUT2D eigenvalue weighted by Gasteiger charge is 2.12. The van der Waals surface area contributed by atoms with E-state index in [0.717, 1.165) is 15.5 Å². The standard InChI is InChI=1S/C12H6Cl4S.C2H7NS/c13-7-3-1-4-8(14)11(7)17-12-9(15)5-2-6-10(12)16;3-1-2-4/h1-6H;4H,1-3H2. The monoisotopic (exact) mass is 399 g/mol. The van der Waals surface area contributed by atoms with Gasteiger partial charge in [-0.25, -0.2) is 0 Å². The topological polar surface area (TPSA) is 26.0 Å². The van der Waals surface area contributed by atoms with E-state index in [2.05, 4.69) is 12.6 Å². The molecule has 2 aromatic rings.